The number of likely N-dealkylation sites (tertiary alicyclic amines) is 1. The van der Waals surface area contributed by atoms with Crippen molar-refractivity contribution in [3.8, 4) is 0 Å². The molecule has 3 amide bonds. The van der Waals surface area contributed by atoms with E-state index in [0.29, 0.717) is 30.0 Å². The molecular formula is C25H25FN4O4. The summed E-state index contributed by atoms with van der Waals surface area (Å²) in [6.07, 6.45) is 2.48. The van der Waals surface area contributed by atoms with Crippen LogP contribution >= 0.6 is 0 Å². The molecule has 2 heterocycles. The van der Waals surface area contributed by atoms with Crippen LogP contribution in [0.1, 0.15) is 64.4 Å². The van der Waals surface area contributed by atoms with Crippen molar-refractivity contribution >= 4 is 23.4 Å². The molecule has 1 aromatic heterocycles. The molecule has 1 aliphatic rings. The summed E-state index contributed by atoms with van der Waals surface area (Å²) in [6.45, 7) is 2.21. The lowest BCUT2D eigenvalue weighted by Crippen LogP contribution is -2.38. The number of hydrogen-bond acceptors (Lipinski definition) is 5. The van der Waals surface area contributed by atoms with Gasteiger partial charge in [-0.15, -0.1) is 0 Å². The lowest BCUT2D eigenvalue weighted by atomic mass is 9.98. The normalized spacial score (nSPS) is 15.6. The molecule has 2 N–H and O–H groups in total. The van der Waals surface area contributed by atoms with Gasteiger partial charge in [0.2, 0.25) is 5.91 Å². The molecule has 176 valence electrons. The van der Waals surface area contributed by atoms with Gasteiger partial charge in [-0.2, -0.15) is 0 Å². The number of nitrogens with zero attached hydrogens (tertiary/aromatic N) is 2. The van der Waals surface area contributed by atoms with Crippen LogP contribution in [0.4, 0.5) is 10.1 Å². The molecule has 2 aromatic carbocycles. The predicted molar refractivity (Wildman–Crippen MR) is 122 cm³/mol. The minimum absolute atomic E-state index is 0.120. The number of benzene rings is 2. The third-order valence-electron chi connectivity index (χ3n) is 5.67. The number of halogens is 1. The van der Waals surface area contributed by atoms with E-state index in [4.69, 9.17) is 4.52 Å². The maximum absolute atomic E-state index is 13.2. The van der Waals surface area contributed by atoms with Gasteiger partial charge in [-0.05, 0) is 61.2 Å². The zero-order valence-electron chi connectivity index (χ0n) is 18.7. The average molecular weight is 464 g/mol. The zero-order valence-corrected chi connectivity index (χ0v) is 18.7. The molecule has 8 nitrogen and oxygen atoms in total. The number of hydrogen-bond donors (Lipinski definition) is 2. The Morgan fingerprint density at radius 3 is 2.53 bits per heavy atom. The molecular weight excluding hydrogens is 439 g/mol. The lowest BCUT2D eigenvalue weighted by Gasteiger charge is -2.34. The number of anilines is 1. The number of nitrogens with one attached hydrogen (secondary N) is 2. The van der Waals surface area contributed by atoms with Crippen LogP contribution in [0.2, 0.25) is 0 Å². The van der Waals surface area contributed by atoms with Gasteiger partial charge in [0.15, 0.2) is 11.5 Å². The number of amides is 3. The lowest BCUT2D eigenvalue weighted by molar-refractivity contribution is -0.114. The standard InChI is InChI=1S/C25H25FN4O4/c1-16(31)28-20-11-7-18(8-12-20)25(33)30-13-3-2-4-22(30)23-14-21(29-34-23)24(32)27-15-17-5-9-19(26)10-6-17/h5-12,14,22H,2-4,13,15H2,1H3,(H,27,32)(H,28,31). The van der Waals surface area contributed by atoms with Crippen LogP contribution in [0.15, 0.2) is 59.1 Å². The monoisotopic (exact) mass is 464 g/mol. The summed E-state index contributed by atoms with van der Waals surface area (Å²) in [5, 5.41) is 9.31. The molecule has 0 radical (unpaired) electrons. The Hall–Kier alpha value is -4.01. The van der Waals surface area contributed by atoms with Crippen LogP contribution in [0.3, 0.4) is 0 Å². The number of piperidine rings is 1. The van der Waals surface area contributed by atoms with Crippen LogP contribution in [0, 0.1) is 5.82 Å². The predicted octanol–water partition coefficient (Wildman–Crippen LogP) is 4.07. The summed E-state index contributed by atoms with van der Waals surface area (Å²) in [7, 11) is 0. The highest BCUT2D eigenvalue weighted by atomic mass is 19.1. The highest BCUT2D eigenvalue weighted by molar-refractivity contribution is 5.96. The Balaban J connectivity index is 1.44. The number of aromatic nitrogens is 1. The summed E-state index contributed by atoms with van der Waals surface area (Å²) in [6, 6.07) is 13.8. The molecule has 0 bridgehead atoms. The molecule has 1 saturated heterocycles. The second-order valence-corrected chi connectivity index (χ2v) is 8.19. The first-order valence-electron chi connectivity index (χ1n) is 11.1. The molecule has 1 fully saturated rings. The second-order valence-electron chi connectivity index (χ2n) is 8.19. The summed E-state index contributed by atoms with van der Waals surface area (Å²) >= 11 is 0. The fraction of sp³-hybridized carbons (Fsp3) is 0.280. The van der Waals surface area contributed by atoms with E-state index in [0.717, 1.165) is 18.4 Å². The van der Waals surface area contributed by atoms with E-state index in [9.17, 15) is 18.8 Å². The van der Waals surface area contributed by atoms with Crippen molar-refractivity contribution in [1.29, 1.82) is 0 Å². The van der Waals surface area contributed by atoms with E-state index in [-0.39, 0.29) is 35.9 Å². The molecule has 0 aliphatic carbocycles. The van der Waals surface area contributed by atoms with Crippen molar-refractivity contribution in [2.45, 2.75) is 38.8 Å². The van der Waals surface area contributed by atoms with E-state index in [2.05, 4.69) is 15.8 Å². The van der Waals surface area contributed by atoms with Crippen LogP contribution in [-0.2, 0) is 11.3 Å². The van der Waals surface area contributed by atoms with Crippen molar-refractivity contribution in [3.63, 3.8) is 0 Å². The van der Waals surface area contributed by atoms with Gasteiger partial charge >= 0.3 is 0 Å². The van der Waals surface area contributed by atoms with Crippen molar-refractivity contribution in [1.82, 2.24) is 15.4 Å². The van der Waals surface area contributed by atoms with E-state index < -0.39 is 5.91 Å². The fourth-order valence-electron chi connectivity index (χ4n) is 3.96. The largest absolute Gasteiger partial charge is 0.358 e. The third-order valence-corrected chi connectivity index (χ3v) is 5.67. The van der Waals surface area contributed by atoms with E-state index in [1.165, 1.54) is 19.1 Å². The Kier molecular flexibility index (Phi) is 7.01. The van der Waals surface area contributed by atoms with Crippen LogP contribution < -0.4 is 10.6 Å². The molecule has 0 saturated carbocycles. The van der Waals surface area contributed by atoms with Gasteiger partial charge in [-0.25, -0.2) is 4.39 Å². The SMILES string of the molecule is CC(=O)Nc1ccc(C(=O)N2CCCCC2c2cc(C(=O)NCc3ccc(F)cc3)no2)cc1. The average Bonchev–Trinajstić information content (AvgIpc) is 3.33. The molecule has 34 heavy (non-hydrogen) atoms. The van der Waals surface area contributed by atoms with Crippen molar-refractivity contribution in [2.24, 2.45) is 0 Å². The quantitative estimate of drug-likeness (QED) is 0.572. The highest BCUT2D eigenvalue weighted by Gasteiger charge is 2.32. The Morgan fingerprint density at radius 1 is 1.09 bits per heavy atom. The molecule has 1 unspecified atom stereocenters. The van der Waals surface area contributed by atoms with Gasteiger partial charge in [0.1, 0.15) is 5.82 Å². The fourth-order valence-corrected chi connectivity index (χ4v) is 3.96. The van der Waals surface area contributed by atoms with Gasteiger partial charge in [-0.1, -0.05) is 17.3 Å². The summed E-state index contributed by atoms with van der Waals surface area (Å²) in [5.41, 5.74) is 1.99. The number of carbonyl (C=O) groups excluding carboxylic acids is 3. The molecule has 3 aromatic rings. The number of rotatable bonds is 6. The first-order chi connectivity index (χ1) is 16.4. The second kappa shape index (κ2) is 10.3. The highest BCUT2D eigenvalue weighted by Crippen LogP contribution is 2.32. The van der Waals surface area contributed by atoms with Crippen molar-refractivity contribution < 1.29 is 23.3 Å². The summed E-state index contributed by atoms with van der Waals surface area (Å²) in [4.78, 5) is 38.7. The molecule has 9 heteroatoms. The maximum atomic E-state index is 13.2. The first-order valence-corrected chi connectivity index (χ1v) is 11.1. The smallest absolute Gasteiger partial charge is 0.273 e. The van der Waals surface area contributed by atoms with E-state index in [1.807, 2.05) is 0 Å². The zero-order chi connectivity index (χ0) is 24.1. The molecule has 1 aliphatic heterocycles. The molecule has 4 rings (SSSR count). The van der Waals surface area contributed by atoms with Gasteiger partial charge in [0.05, 0.1) is 6.04 Å². The van der Waals surface area contributed by atoms with Gasteiger partial charge < -0.3 is 20.1 Å². The van der Waals surface area contributed by atoms with Crippen LogP contribution in [0.25, 0.3) is 0 Å². The molecule has 1 atom stereocenters. The van der Waals surface area contributed by atoms with E-state index >= 15 is 0 Å². The summed E-state index contributed by atoms with van der Waals surface area (Å²) in [5.74, 6) is -0.640. The van der Waals surface area contributed by atoms with Crippen LogP contribution in [0.5, 0.6) is 0 Å². The van der Waals surface area contributed by atoms with E-state index in [1.54, 1.807) is 47.4 Å². The summed E-state index contributed by atoms with van der Waals surface area (Å²) < 4.78 is 18.5. The Morgan fingerprint density at radius 2 is 1.82 bits per heavy atom. The van der Waals surface area contributed by atoms with Crippen LogP contribution in [-0.4, -0.2) is 34.3 Å². The van der Waals surface area contributed by atoms with Gasteiger partial charge in [-0.3, -0.25) is 14.4 Å². The van der Waals surface area contributed by atoms with Gasteiger partial charge in [0.25, 0.3) is 11.8 Å². The Bertz CT molecular complexity index is 1170. The van der Waals surface area contributed by atoms with Crippen molar-refractivity contribution in [3.05, 3.63) is 83.0 Å². The minimum atomic E-state index is -0.415. The third kappa shape index (κ3) is 5.48. The van der Waals surface area contributed by atoms with Gasteiger partial charge in [0, 0.05) is 37.3 Å². The molecule has 0 spiro atoms. The van der Waals surface area contributed by atoms with Crippen molar-refractivity contribution in [2.75, 3.05) is 11.9 Å². The topological polar surface area (TPSA) is 105 Å². The number of carbonyl (C=O) groups is 3. The maximum Gasteiger partial charge on any atom is 0.273 e. The first kappa shape index (κ1) is 23.2. The minimum Gasteiger partial charge on any atom is -0.358 e. The Labute approximate surface area is 196 Å².